The molecule has 5 nitrogen and oxygen atoms in total. The Kier molecular flexibility index (Phi) is 4.53. The lowest BCUT2D eigenvalue weighted by Gasteiger charge is -2.30. The minimum atomic E-state index is -5.04. The number of rotatable bonds is 3. The number of aliphatic imine (C=N–C) groups is 1. The molecule has 1 atom stereocenters. The molecule has 1 heterocycles. The Morgan fingerprint density at radius 1 is 1.16 bits per heavy atom. The predicted molar refractivity (Wildman–Crippen MR) is 84.6 cm³/mol. The smallest absolute Gasteiger partial charge is 0.316 e. The molecule has 0 aromatic heterocycles. The maximum Gasteiger partial charge on any atom is 0.442 e. The van der Waals surface area contributed by atoms with Crippen molar-refractivity contribution in [1.82, 2.24) is 10.6 Å². The quantitative estimate of drug-likeness (QED) is 0.877. The monoisotopic (exact) mass is 353 g/mol. The van der Waals surface area contributed by atoms with Crippen LogP contribution in [0.1, 0.15) is 37.7 Å². The summed E-state index contributed by atoms with van der Waals surface area (Å²) in [5, 5.41) is 4.04. The molecule has 8 heteroatoms. The molecule has 134 valence electrons. The van der Waals surface area contributed by atoms with Gasteiger partial charge in [0.25, 0.3) is 5.91 Å². The first-order valence-electron chi connectivity index (χ1n) is 8.19. The van der Waals surface area contributed by atoms with Gasteiger partial charge >= 0.3 is 11.8 Å². The molecule has 3 rings (SSSR count). The van der Waals surface area contributed by atoms with Crippen molar-refractivity contribution in [3.63, 3.8) is 0 Å². The van der Waals surface area contributed by atoms with E-state index in [1.54, 1.807) is 18.2 Å². The SMILES string of the molecule is O=C(NC1(C(F)(F)F)N=C(c2ccccc2)NC1=O)C1CCCCC1. The molecule has 1 fully saturated rings. The van der Waals surface area contributed by atoms with Gasteiger partial charge in [0.1, 0.15) is 5.84 Å². The van der Waals surface area contributed by atoms with Gasteiger partial charge in [0, 0.05) is 11.5 Å². The average molecular weight is 353 g/mol. The lowest BCUT2D eigenvalue weighted by atomic mass is 9.88. The number of amidine groups is 1. The Labute approximate surface area is 142 Å². The number of carbonyl (C=O) groups excluding carboxylic acids is 2. The molecule has 1 aromatic carbocycles. The molecule has 1 aromatic rings. The maximum atomic E-state index is 13.7. The molecule has 0 bridgehead atoms. The van der Waals surface area contributed by atoms with Crippen LogP contribution in [-0.2, 0) is 9.59 Å². The highest BCUT2D eigenvalue weighted by atomic mass is 19.4. The van der Waals surface area contributed by atoms with Gasteiger partial charge in [-0.15, -0.1) is 0 Å². The lowest BCUT2D eigenvalue weighted by molar-refractivity contribution is -0.197. The van der Waals surface area contributed by atoms with Crippen LogP contribution in [0.25, 0.3) is 0 Å². The van der Waals surface area contributed by atoms with Crippen LogP contribution < -0.4 is 10.6 Å². The summed E-state index contributed by atoms with van der Waals surface area (Å²) >= 11 is 0. The molecular weight excluding hydrogens is 335 g/mol. The summed E-state index contributed by atoms with van der Waals surface area (Å²) in [5.41, 5.74) is -2.93. The Balaban J connectivity index is 1.92. The lowest BCUT2D eigenvalue weighted by Crippen LogP contribution is -2.63. The first-order valence-corrected chi connectivity index (χ1v) is 8.19. The van der Waals surface area contributed by atoms with Crippen molar-refractivity contribution in [3.8, 4) is 0 Å². The Morgan fingerprint density at radius 3 is 2.40 bits per heavy atom. The van der Waals surface area contributed by atoms with Gasteiger partial charge in [-0.2, -0.15) is 13.2 Å². The number of amides is 2. The highest BCUT2D eigenvalue weighted by molar-refractivity contribution is 6.16. The number of halogens is 3. The number of nitrogens with zero attached hydrogens (tertiary/aromatic N) is 1. The zero-order valence-electron chi connectivity index (χ0n) is 13.4. The van der Waals surface area contributed by atoms with Crippen LogP contribution in [0.3, 0.4) is 0 Å². The molecule has 1 saturated carbocycles. The fraction of sp³-hybridized carbons (Fsp3) is 0.471. The molecule has 0 saturated heterocycles. The van der Waals surface area contributed by atoms with E-state index < -0.39 is 29.6 Å². The van der Waals surface area contributed by atoms with Crippen LogP contribution in [0.4, 0.5) is 13.2 Å². The van der Waals surface area contributed by atoms with Crippen molar-refractivity contribution in [3.05, 3.63) is 35.9 Å². The van der Waals surface area contributed by atoms with E-state index in [1.807, 2.05) is 5.32 Å². The standard InChI is InChI=1S/C17H18F3N3O2/c18-17(19,20)16(23-14(24)12-9-5-2-6-10-12)15(25)21-13(22-16)11-7-3-1-4-8-11/h1,3-4,7-8,12H,2,5-6,9-10H2,(H,23,24)(H,21,22,25). The van der Waals surface area contributed by atoms with E-state index in [0.29, 0.717) is 18.4 Å². The Hall–Kier alpha value is -2.38. The van der Waals surface area contributed by atoms with E-state index in [4.69, 9.17) is 0 Å². The van der Waals surface area contributed by atoms with Gasteiger partial charge in [0.15, 0.2) is 0 Å². The second kappa shape index (κ2) is 6.50. The van der Waals surface area contributed by atoms with Crippen LogP contribution in [0.15, 0.2) is 35.3 Å². The van der Waals surface area contributed by atoms with E-state index in [2.05, 4.69) is 10.3 Å². The summed E-state index contributed by atoms with van der Waals surface area (Å²) < 4.78 is 41.1. The van der Waals surface area contributed by atoms with Gasteiger partial charge in [0.05, 0.1) is 0 Å². The minimum Gasteiger partial charge on any atom is -0.316 e. The van der Waals surface area contributed by atoms with Crippen LogP contribution >= 0.6 is 0 Å². The van der Waals surface area contributed by atoms with Crippen molar-refractivity contribution < 1.29 is 22.8 Å². The van der Waals surface area contributed by atoms with Crippen LogP contribution in [0.2, 0.25) is 0 Å². The number of carbonyl (C=O) groups is 2. The van der Waals surface area contributed by atoms with E-state index >= 15 is 0 Å². The fourth-order valence-electron chi connectivity index (χ4n) is 3.17. The van der Waals surface area contributed by atoms with E-state index in [1.165, 1.54) is 12.1 Å². The average Bonchev–Trinajstić information content (AvgIpc) is 2.94. The molecule has 2 N–H and O–H groups in total. The minimum absolute atomic E-state index is 0.202. The zero-order valence-corrected chi connectivity index (χ0v) is 13.4. The van der Waals surface area contributed by atoms with E-state index in [9.17, 15) is 22.8 Å². The summed E-state index contributed by atoms with van der Waals surface area (Å²) in [6, 6.07) is 8.02. The van der Waals surface area contributed by atoms with E-state index in [-0.39, 0.29) is 5.84 Å². The largest absolute Gasteiger partial charge is 0.442 e. The van der Waals surface area contributed by atoms with Crippen molar-refractivity contribution in [2.45, 2.75) is 43.9 Å². The molecule has 1 aliphatic carbocycles. The highest BCUT2D eigenvalue weighted by Crippen LogP contribution is 2.36. The first kappa shape index (κ1) is 17.4. The van der Waals surface area contributed by atoms with Crippen molar-refractivity contribution >= 4 is 17.6 Å². The molecule has 25 heavy (non-hydrogen) atoms. The van der Waals surface area contributed by atoms with Crippen LogP contribution in [0.5, 0.6) is 0 Å². The van der Waals surface area contributed by atoms with Crippen molar-refractivity contribution in [2.75, 3.05) is 0 Å². The second-order valence-electron chi connectivity index (χ2n) is 6.31. The third kappa shape index (κ3) is 3.25. The van der Waals surface area contributed by atoms with Gasteiger partial charge in [-0.3, -0.25) is 9.59 Å². The molecule has 2 aliphatic rings. The molecule has 0 spiro atoms. The molecule has 2 amide bonds. The van der Waals surface area contributed by atoms with Gasteiger partial charge in [0.2, 0.25) is 5.91 Å². The third-order valence-corrected chi connectivity index (χ3v) is 4.58. The highest BCUT2D eigenvalue weighted by Gasteiger charge is 2.65. The molecule has 1 aliphatic heterocycles. The number of hydrogen-bond acceptors (Lipinski definition) is 3. The first-order chi connectivity index (χ1) is 11.8. The molecular formula is C17H18F3N3O2. The maximum absolute atomic E-state index is 13.7. The van der Waals surface area contributed by atoms with Gasteiger partial charge < -0.3 is 10.6 Å². The predicted octanol–water partition coefficient (Wildman–Crippen LogP) is 2.52. The summed E-state index contributed by atoms with van der Waals surface area (Å²) in [6.45, 7) is 0. The number of benzene rings is 1. The number of nitrogens with one attached hydrogen (secondary N) is 2. The van der Waals surface area contributed by atoms with Gasteiger partial charge in [-0.05, 0) is 12.8 Å². The summed E-state index contributed by atoms with van der Waals surface area (Å²) in [7, 11) is 0. The normalized spacial score (nSPS) is 24.6. The van der Waals surface area contributed by atoms with Gasteiger partial charge in [-0.1, -0.05) is 49.6 Å². The molecule has 0 radical (unpaired) electrons. The van der Waals surface area contributed by atoms with Crippen molar-refractivity contribution in [2.24, 2.45) is 10.9 Å². The summed E-state index contributed by atoms with van der Waals surface area (Å²) in [4.78, 5) is 28.1. The summed E-state index contributed by atoms with van der Waals surface area (Å²) in [6.07, 6.45) is -1.44. The van der Waals surface area contributed by atoms with Crippen LogP contribution in [-0.4, -0.2) is 29.5 Å². The third-order valence-electron chi connectivity index (χ3n) is 4.58. The fourth-order valence-corrected chi connectivity index (χ4v) is 3.17. The second-order valence-corrected chi connectivity index (χ2v) is 6.31. The Morgan fingerprint density at radius 2 is 1.80 bits per heavy atom. The van der Waals surface area contributed by atoms with Crippen molar-refractivity contribution in [1.29, 1.82) is 0 Å². The molecule has 1 unspecified atom stereocenters. The summed E-state index contributed by atoms with van der Waals surface area (Å²) in [5.74, 6) is -2.88. The van der Waals surface area contributed by atoms with E-state index in [0.717, 1.165) is 19.3 Å². The number of hydrogen-bond donors (Lipinski definition) is 2. The zero-order chi connectivity index (χ0) is 18.1. The number of alkyl halides is 3. The van der Waals surface area contributed by atoms with Crippen LogP contribution in [0, 0.1) is 5.92 Å². The Bertz CT molecular complexity index is 697. The topological polar surface area (TPSA) is 70.6 Å². The van der Waals surface area contributed by atoms with Gasteiger partial charge in [-0.25, -0.2) is 4.99 Å².